The Balaban J connectivity index is 1.77. The molecule has 1 atom stereocenters. The van der Waals surface area contributed by atoms with E-state index in [-0.39, 0.29) is 11.9 Å². The lowest BCUT2D eigenvalue weighted by Gasteiger charge is -2.26. The van der Waals surface area contributed by atoms with Gasteiger partial charge >= 0.3 is 0 Å². The van der Waals surface area contributed by atoms with Crippen molar-refractivity contribution < 1.29 is 14.7 Å². The van der Waals surface area contributed by atoms with E-state index in [0.717, 1.165) is 22.3 Å². The lowest BCUT2D eigenvalue weighted by atomic mass is 9.90. The highest BCUT2D eigenvalue weighted by atomic mass is 16.3. The SMILES string of the molecule is O=C(CO)Nc1ccc2c(c1)C=C1c3ccccc3C(=O)NC12. The number of amides is 2. The Labute approximate surface area is 132 Å². The van der Waals surface area contributed by atoms with Crippen molar-refractivity contribution in [2.75, 3.05) is 11.9 Å². The van der Waals surface area contributed by atoms with Crippen LogP contribution in [0.4, 0.5) is 5.69 Å². The van der Waals surface area contributed by atoms with Gasteiger partial charge < -0.3 is 15.7 Å². The van der Waals surface area contributed by atoms with E-state index < -0.39 is 12.5 Å². The summed E-state index contributed by atoms with van der Waals surface area (Å²) in [7, 11) is 0. The molecule has 5 nitrogen and oxygen atoms in total. The Bertz CT molecular complexity index is 870. The van der Waals surface area contributed by atoms with Crippen LogP contribution in [0.2, 0.25) is 0 Å². The Morgan fingerprint density at radius 2 is 1.96 bits per heavy atom. The smallest absolute Gasteiger partial charge is 0.252 e. The third-order valence-electron chi connectivity index (χ3n) is 4.21. The Hall–Kier alpha value is -2.92. The fraction of sp³-hybridized carbons (Fsp3) is 0.111. The molecule has 2 aliphatic rings. The summed E-state index contributed by atoms with van der Waals surface area (Å²) in [4.78, 5) is 23.6. The van der Waals surface area contributed by atoms with Crippen LogP contribution in [0.3, 0.4) is 0 Å². The third-order valence-corrected chi connectivity index (χ3v) is 4.21. The van der Waals surface area contributed by atoms with Gasteiger partial charge in [0.05, 0.1) is 6.04 Å². The summed E-state index contributed by atoms with van der Waals surface area (Å²) in [5, 5.41) is 14.5. The average Bonchev–Trinajstić information content (AvgIpc) is 2.93. The molecule has 0 aromatic heterocycles. The Kier molecular flexibility index (Phi) is 3.02. The van der Waals surface area contributed by atoms with E-state index in [1.807, 2.05) is 42.5 Å². The molecule has 0 fully saturated rings. The van der Waals surface area contributed by atoms with Crippen molar-refractivity contribution in [3.63, 3.8) is 0 Å². The van der Waals surface area contributed by atoms with Gasteiger partial charge in [0.15, 0.2) is 0 Å². The van der Waals surface area contributed by atoms with Gasteiger partial charge in [-0.15, -0.1) is 0 Å². The molecule has 114 valence electrons. The van der Waals surface area contributed by atoms with Gasteiger partial charge in [-0.25, -0.2) is 0 Å². The number of benzene rings is 2. The highest BCUT2D eigenvalue weighted by molar-refractivity contribution is 6.08. The maximum atomic E-state index is 12.3. The predicted octanol–water partition coefficient (Wildman–Crippen LogP) is 1.96. The van der Waals surface area contributed by atoms with Gasteiger partial charge in [-0.2, -0.15) is 0 Å². The van der Waals surface area contributed by atoms with Crippen molar-refractivity contribution in [1.82, 2.24) is 5.32 Å². The molecule has 2 aromatic carbocycles. The minimum Gasteiger partial charge on any atom is -0.387 e. The van der Waals surface area contributed by atoms with Gasteiger partial charge in [0.1, 0.15) is 6.61 Å². The van der Waals surface area contributed by atoms with Crippen LogP contribution in [0, 0.1) is 0 Å². The Morgan fingerprint density at radius 1 is 1.17 bits per heavy atom. The molecule has 0 saturated heterocycles. The van der Waals surface area contributed by atoms with Gasteiger partial charge in [0.25, 0.3) is 5.91 Å². The molecule has 0 radical (unpaired) electrons. The molecule has 1 aliphatic heterocycles. The molecule has 0 bridgehead atoms. The van der Waals surface area contributed by atoms with E-state index in [4.69, 9.17) is 5.11 Å². The second kappa shape index (κ2) is 5.07. The molecule has 0 spiro atoms. The molecule has 23 heavy (non-hydrogen) atoms. The molecule has 5 heteroatoms. The summed E-state index contributed by atoms with van der Waals surface area (Å²) < 4.78 is 0. The summed E-state index contributed by atoms with van der Waals surface area (Å²) in [6, 6.07) is 12.9. The van der Waals surface area contributed by atoms with Gasteiger partial charge in [0.2, 0.25) is 5.91 Å². The molecule has 4 rings (SSSR count). The van der Waals surface area contributed by atoms with Crippen LogP contribution in [0.15, 0.2) is 42.5 Å². The average molecular weight is 306 g/mol. The molecular formula is C18H14N2O3. The first-order chi connectivity index (χ1) is 11.2. The van der Waals surface area contributed by atoms with Crippen LogP contribution in [0.5, 0.6) is 0 Å². The number of carbonyl (C=O) groups excluding carboxylic acids is 2. The monoisotopic (exact) mass is 306 g/mol. The standard InChI is InChI=1S/C18H14N2O3/c21-9-16(22)19-11-5-6-12-10(7-11)8-15-13-3-1-2-4-14(13)18(23)20-17(12)15/h1-8,17,21H,9H2,(H,19,22)(H,20,23). The number of hydrogen-bond donors (Lipinski definition) is 3. The van der Waals surface area contributed by atoms with Gasteiger partial charge in [-0.1, -0.05) is 24.3 Å². The van der Waals surface area contributed by atoms with E-state index in [0.29, 0.717) is 11.3 Å². The topological polar surface area (TPSA) is 78.4 Å². The van der Waals surface area contributed by atoms with E-state index in [1.54, 1.807) is 6.07 Å². The second-order valence-corrected chi connectivity index (χ2v) is 5.60. The van der Waals surface area contributed by atoms with Crippen LogP contribution < -0.4 is 10.6 Å². The summed E-state index contributed by atoms with van der Waals surface area (Å²) in [5.41, 5.74) is 5.26. The van der Waals surface area contributed by atoms with Gasteiger partial charge in [-0.05, 0) is 46.5 Å². The third kappa shape index (κ3) is 2.13. The highest BCUT2D eigenvalue weighted by Gasteiger charge is 2.34. The van der Waals surface area contributed by atoms with Crippen LogP contribution in [0.25, 0.3) is 11.6 Å². The van der Waals surface area contributed by atoms with Crippen LogP contribution >= 0.6 is 0 Å². The summed E-state index contributed by atoms with van der Waals surface area (Å²) in [6.45, 7) is -0.551. The van der Waals surface area contributed by atoms with Crippen molar-refractivity contribution in [2.24, 2.45) is 0 Å². The highest BCUT2D eigenvalue weighted by Crippen LogP contribution is 2.44. The molecule has 2 aromatic rings. The quantitative estimate of drug-likeness (QED) is 0.793. The number of anilines is 1. The molecule has 2 amide bonds. The lowest BCUT2D eigenvalue weighted by Crippen LogP contribution is -2.33. The number of rotatable bonds is 2. The maximum absolute atomic E-state index is 12.3. The zero-order chi connectivity index (χ0) is 16.0. The van der Waals surface area contributed by atoms with Crippen molar-refractivity contribution in [3.05, 3.63) is 64.7 Å². The zero-order valence-electron chi connectivity index (χ0n) is 12.2. The predicted molar refractivity (Wildman–Crippen MR) is 86.7 cm³/mol. The molecule has 1 heterocycles. The van der Waals surface area contributed by atoms with Crippen LogP contribution in [0.1, 0.15) is 33.1 Å². The van der Waals surface area contributed by atoms with Crippen LogP contribution in [-0.4, -0.2) is 23.5 Å². The van der Waals surface area contributed by atoms with E-state index in [9.17, 15) is 9.59 Å². The normalized spacial score (nSPS) is 17.5. The fourth-order valence-corrected chi connectivity index (χ4v) is 3.19. The van der Waals surface area contributed by atoms with Crippen molar-refractivity contribution in [3.8, 4) is 0 Å². The number of nitrogens with one attached hydrogen (secondary N) is 2. The van der Waals surface area contributed by atoms with E-state index in [2.05, 4.69) is 10.6 Å². The number of carbonyl (C=O) groups is 2. The summed E-state index contributed by atoms with van der Waals surface area (Å²) >= 11 is 0. The van der Waals surface area contributed by atoms with Crippen molar-refractivity contribution >= 4 is 29.2 Å². The first kappa shape index (κ1) is 13.7. The number of aliphatic hydroxyl groups is 1. The van der Waals surface area contributed by atoms with Crippen molar-refractivity contribution in [1.29, 1.82) is 0 Å². The molecule has 3 N–H and O–H groups in total. The molecule has 0 saturated carbocycles. The maximum Gasteiger partial charge on any atom is 0.252 e. The summed E-state index contributed by atoms with van der Waals surface area (Å²) in [5.74, 6) is -0.528. The minimum atomic E-state index is -0.551. The lowest BCUT2D eigenvalue weighted by molar-refractivity contribution is -0.118. The minimum absolute atomic E-state index is 0.0757. The van der Waals surface area contributed by atoms with E-state index >= 15 is 0 Å². The number of hydrogen-bond acceptors (Lipinski definition) is 3. The summed E-state index contributed by atoms with van der Waals surface area (Å²) in [6.07, 6.45) is 2.03. The second-order valence-electron chi connectivity index (χ2n) is 5.60. The zero-order valence-corrected chi connectivity index (χ0v) is 12.2. The fourth-order valence-electron chi connectivity index (χ4n) is 3.19. The molecule has 1 unspecified atom stereocenters. The van der Waals surface area contributed by atoms with E-state index in [1.165, 1.54) is 0 Å². The largest absolute Gasteiger partial charge is 0.387 e. The first-order valence-corrected chi connectivity index (χ1v) is 7.34. The van der Waals surface area contributed by atoms with Crippen LogP contribution in [-0.2, 0) is 4.79 Å². The van der Waals surface area contributed by atoms with Gasteiger partial charge in [0, 0.05) is 11.3 Å². The first-order valence-electron chi connectivity index (χ1n) is 7.34. The molecular weight excluding hydrogens is 292 g/mol. The Morgan fingerprint density at radius 3 is 2.74 bits per heavy atom. The number of fused-ring (bicyclic) bond motifs is 5. The van der Waals surface area contributed by atoms with Gasteiger partial charge in [-0.3, -0.25) is 9.59 Å². The number of aliphatic hydroxyl groups excluding tert-OH is 1. The molecule has 1 aliphatic carbocycles. The van der Waals surface area contributed by atoms with Crippen molar-refractivity contribution in [2.45, 2.75) is 6.04 Å².